The second-order valence-electron chi connectivity index (χ2n) is 7.46. The number of hydrogen-bond donors (Lipinski definition) is 1. The molecule has 5 heteroatoms. The van der Waals surface area contributed by atoms with E-state index >= 15 is 0 Å². The van der Waals surface area contributed by atoms with Gasteiger partial charge in [0, 0.05) is 18.1 Å². The summed E-state index contributed by atoms with van der Waals surface area (Å²) < 4.78 is 0. The van der Waals surface area contributed by atoms with Gasteiger partial charge in [0.1, 0.15) is 6.04 Å². The van der Waals surface area contributed by atoms with E-state index in [9.17, 15) is 9.59 Å². The van der Waals surface area contributed by atoms with E-state index in [-0.39, 0.29) is 18.2 Å². The van der Waals surface area contributed by atoms with E-state index in [0.29, 0.717) is 24.5 Å². The number of benzene rings is 2. The number of aryl methyl sites for hydroxylation is 2. The molecule has 0 saturated heterocycles. The van der Waals surface area contributed by atoms with E-state index in [1.165, 1.54) is 5.56 Å². The maximum atomic E-state index is 13.3. The molecule has 2 aromatic carbocycles. The van der Waals surface area contributed by atoms with Gasteiger partial charge in [0.05, 0.1) is 6.42 Å². The van der Waals surface area contributed by atoms with Gasteiger partial charge in [0.2, 0.25) is 11.8 Å². The van der Waals surface area contributed by atoms with Crippen LogP contribution in [-0.2, 0) is 22.6 Å². The van der Waals surface area contributed by atoms with Crippen LogP contribution in [0.5, 0.6) is 0 Å². The predicted octanol–water partition coefficient (Wildman–Crippen LogP) is 4.83. The van der Waals surface area contributed by atoms with Gasteiger partial charge in [-0.25, -0.2) is 0 Å². The van der Waals surface area contributed by atoms with Crippen LogP contribution >= 0.6 is 11.6 Å². The maximum Gasteiger partial charge on any atom is 0.242 e. The van der Waals surface area contributed by atoms with E-state index in [4.69, 9.17) is 11.6 Å². The number of carbonyl (C=O) groups excluding carboxylic acids is 2. The van der Waals surface area contributed by atoms with Crippen molar-refractivity contribution in [1.29, 1.82) is 0 Å². The Kier molecular flexibility index (Phi) is 8.71. The first-order chi connectivity index (χ1) is 13.8. The van der Waals surface area contributed by atoms with Crippen LogP contribution in [0.4, 0.5) is 0 Å². The van der Waals surface area contributed by atoms with Crippen LogP contribution in [0.25, 0.3) is 0 Å². The molecule has 0 bridgehead atoms. The number of amides is 2. The Hall–Kier alpha value is -2.33. The lowest BCUT2D eigenvalue weighted by Crippen LogP contribution is -2.49. The Morgan fingerprint density at radius 1 is 1.00 bits per heavy atom. The molecule has 0 radical (unpaired) electrons. The normalized spacial score (nSPS) is 11.8. The first-order valence-corrected chi connectivity index (χ1v) is 10.6. The van der Waals surface area contributed by atoms with Crippen molar-refractivity contribution in [2.24, 2.45) is 0 Å². The van der Waals surface area contributed by atoms with Crippen molar-refractivity contribution < 1.29 is 9.59 Å². The summed E-state index contributed by atoms with van der Waals surface area (Å²) in [6, 6.07) is 13.0. The molecule has 1 N–H and O–H groups in total. The second kappa shape index (κ2) is 11.0. The number of nitrogens with one attached hydrogen (secondary N) is 1. The molecule has 0 spiro atoms. The lowest BCUT2D eigenvalue weighted by atomic mass is 10.0. The molecular weight excluding hydrogens is 384 g/mol. The minimum Gasteiger partial charge on any atom is -0.354 e. The van der Waals surface area contributed by atoms with Crippen molar-refractivity contribution in [1.82, 2.24) is 10.2 Å². The second-order valence-corrected chi connectivity index (χ2v) is 7.90. The molecule has 0 unspecified atom stereocenters. The zero-order chi connectivity index (χ0) is 21.4. The third kappa shape index (κ3) is 6.60. The van der Waals surface area contributed by atoms with Crippen molar-refractivity contribution in [3.63, 3.8) is 0 Å². The Morgan fingerprint density at radius 3 is 2.24 bits per heavy atom. The smallest absolute Gasteiger partial charge is 0.242 e. The first kappa shape index (κ1) is 23.0. The van der Waals surface area contributed by atoms with Gasteiger partial charge in [-0.1, -0.05) is 55.8 Å². The van der Waals surface area contributed by atoms with Crippen LogP contribution in [0.15, 0.2) is 42.5 Å². The first-order valence-electron chi connectivity index (χ1n) is 10.2. The molecule has 2 amide bonds. The molecule has 156 valence electrons. The molecule has 0 aliphatic carbocycles. The van der Waals surface area contributed by atoms with Gasteiger partial charge in [-0.05, 0) is 61.1 Å². The molecule has 0 aromatic heterocycles. The predicted molar refractivity (Wildman–Crippen MR) is 119 cm³/mol. The average Bonchev–Trinajstić information content (AvgIpc) is 2.70. The summed E-state index contributed by atoms with van der Waals surface area (Å²) in [5, 5.41) is 3.59. The molecule has 0 aliphatic heterocycles. The Bertz CT molecular complexity index is 833. The van der Waals surface area contributed by atoms with Crippen LogP contribution in [0.2, 0.25) is 5.02 Å². The van der Waals surface area contributed by atoms with E-state index in [1.807, 2.05) is 51.1 Å². The molecule has 0 heterocycles. The Labute approximate surface area is 179 Å². The highest BCUT2D eigenvalue weighted by molar-refractivity contribution is 6.30. The fourth-order valence-corrected chi connectivity index (χ4v) is 3.39. The number of hydrogen-bond acceptors (Lipinski definition) is 2. The summed E-state index contributed by atoms with van der Waals surface area (Å²) in [6.45, 7) is 9.03. The number of halogens is 1. The summed E-state index contributed by atoms with van der Waals surface area (Å²) in [6.07, 6.45) is 1.68. The lowest BCUT2D eigenvalue weighted by molar-refractivity contribution is -0.140. The van der Waals surface area contributed by atoms with Gasteiger partial charge in [-0.15, -0.1) is 0 Å². The zero-order valence-electron chi connectivity index (χ0n) is 17.8. The van der Waals surface area contributed by atoms with E-state index in [2.05, 4.69) is 12.2 Å². The molecule has 0 aliphatic rings. The largest absolute Gasteiger partial charge is 0.354 e. The third-order valence-corrected chi connectivity index (χ3v) is 5.38. The lowest BCUT2D eigenvalue weighted by Gasteiger charge is -2.31. The van der Waals surface area contributed by atoms with Crippen molar-refractivity contribution in [2.75, 3.05) is 6.54 Å². The highest BCUT2D eigenvalue weighted by Gasteiger charge is 2.28. The molecule has 1 atom stereocenters. The molecule has 2 rings (SSSR count). The number of rotatable bonds is 9. The van der Waals surface area contributed by atoms with Gasteiger partial charge in [-0.3, -0.25) is 9.59 Å². The van der Waals surface area contributed by atoms with Crippen LogP contribution in [0.1, 0.15) is 48.9 Å². The van der Waals surface area contributed by atoms with Crippen LogP contribution < -0.4 is 5.32 Å². The summed E-state index contributed by atoms with van der Waals surface area (Å²) in [5.41, 5.74) is 4.27. The van der Waals surface area contributed by atoms with Gasteiger partial charge >= 0.3 is 0 Å². The fraction of sp³-hybridized carbons (Fsp3) is 0.417. The van der Waals surface area contributed by atoms with Gasteiger partial charge < -0.3 is 10.2 Å². The quantitative estimate of drug-likeness (QED) is 0.638. The van der Waals surface area contributed by atoms with E-state index < -0.39 is 6.04 Å². The molecule has 0 fully saturated rings. The minimum atomic E-state index is -0.503. The van der Waals surface area contributed by atoms with Gasteiger partial charge in [0.15, 0.2) is 0 Å². The molecule has 29 heavy (non-hydrogen) atoms. The molecule has 2 aromatic rings. The standard InChI is InChI=1S/C24H31ClN2O2/c1-5-13-26-24(29)22(6-2)27(16-19-9-11-21(25)12-10-19)23(28)15-20-8-7-17(3)18(4)14-20/h7-12,14,22H,5-6,13,15-16H2,1-4H3,(H,26,29)/t22-/m0/s1. The molecule has 0 saturated carbocycles. The molecule has 4 nitrogen and oxygen atoms in total. The number of carbonyl (C=O) groups is 2. The van der Waals surface area contributed by atoms with Crippen LogP contribution in [0.3, 0.4) is 0 Å². The van der Waals surface area contributed by atoms with Gasteiger partial charge in [0.25, 0.3) is 0 Å². The number of nitrogens with zero attached hydrogens (tertiary/aromatic N) is 1. The van der Waals surface area contributed by atoms with Crippen molar-refractivity contribution >= 4 is 23.4 Å². The summed E-state index contributed by atoms with van der Waals surface area (Å²) in [7, 11) is 0. The summed E-state index contributed by atoms with van der Waals surface area (Å²) >= 11 is 6.00. The highest BCUT2D eigenvalue weighted by atomic mass is 35.5. The van der Waals surface area contributed by atoms with Crippen molar-refractivity contribution in [3.8, 4) is 0 Å². The van der Waals surface area contributed by atoms with Gasteiger partial charge in [-0.2, -0.15) is 0 Å². The van der Waals surface area contributed by atoms with E-state index in [1.54, 1.807) is 17.0 Å². The minimum absolute atomic E-state index is 0.0540. The van der Waals surface area contributed by atoms with Crippen LogP contribution in [-0.4, -0.2) is 29.3 Å². The van der Waals surface area contributed by atoms with Crippen molar-refractivity contribution in [3.05, 3.63) is 69.7 Å². The van der Waals surface area contributed by atoms with Crippen molar-refractivity contribution in [2.45, 2.75) is 59.5 Å². The average molecular weight is 415 g/mol. The molecular formula is C24H31ClN2O2. The monoisotopic (exact) mass is 414 g/mol. The fourth-order valence-electron chi connectivity index (χ4n) is 3.26. The maximum absolute atomic E-state index is 13.3. The topological polar surface area (TPSA) is 49.4 Å². The SMILES string of the molecule is CCCNC(=O)[C@H](CC)N(Cc1ccc(Cl)cc1)C(=O)Cc1ccc(C)c(C)c1. The van der Waals surface area contributed by atoms with E-state index in [0.717, 1.165) is 23.1 Å². The highest BCUT2D eigenvalue weighted by Crippen LogP contribution is 2.18. The van der Waals surface area contributed by atoms with Crippen LogP contribution in [0, 0.1) is 13.8 Å². The Morgan fingerprint density at radius 2 is 1.66 bits per heavy atom. The summed E-state index contributed by atoms with van der Waals surface area (Å²) in [5.74, 6) is -0.154. The zero-order valence-corrected chi connectivity index (χ0v) is 18.6. The summed E-state index contributed by atoms with van der Waals surface area (Å²) in [4.78, 5) is 27.7. The third-order valence-electron chi connectivity index (χ3n) is 5.13. The Balaban J connectivity index is 2.27.